The van der Waals surface area contributed by atoms with Crippen molar-refractivity contribution in [3.05, 3.63) is 54.1 Å². The van der Waals surface area contributed by atoms with Crippen LogP contribution in [0.5, 0.6) is 11.5 Å². The summed E-state index contributed by atoms with van der Waals surface area (Å²) in [5, 5.41) is 5.05. The number of hydrogen-bond acceptors (Lipinski definition) is 6. The Hall–Kier alpha value is -3.55. The van der Waals surface area contributed by atoms with Crippen LogP contribution in [0.1, 0.15) is 10.4 Å². The number of anilines is 1. The summed E-state index contributed by atoms with van der Waals surface area (Å²) in [6.45, 7) is -0.835. The van der Waals surface area contributed by atoms with Gasteiger partial charge in [0.1, 0.15) is 0 Å². The number of hydrogen-bond donors (Lipinski definition) is 2. The Morgan fingerprint density at radius 2 is 1.70 bits per heavy atom. The predicted molar refractivity (Wildman–Crippen MR) is 97.9 cm³/mol. The highest BCUT2D eigenvalue weighted by Crippen LogP contribution is 2.25. The third-order valence-corrected chi connectivity index (χ3v) is 3.41. The second-order valence-corrected chi connectivity index (χ2v) is 5.31. The van der Waals surface area contributed by atoms with E-state index in [9.17, 15) is 14.4 Å². The van der Waals surface area contributed by atoms with Gasteiger partial charge in [-0.1, -0.05) is 18.2 Å². The molecule has 0 aliphatic rings. The fourth-order valence-corrected chi connectivity index (χ4v) is 2.14. The van der Waals surface area contributed by atoms with E-state index in [1.807, 2.05) is 0 Å². The van der Waals surface area contributed by atoms with Crippen molar-refractivity contribution in [2.45, 2.75) is 0 Å². The molecule has 0 saturated heterocycles. The van der Waals surface area contributed by atoms with Crippen molar-refractivity contribution >= 4 is 23.5 Å². The normalized spacial score (nSPS) is 9.85. The first-order valence-electron chi connectivity index (χ1n) is 8.07. The standard InChI is InChI=1S/C19H20N2O6/c1-20-19(24)13-6-5-7-14(10-13)21-17(22)11-27-18(23)12-26-16-9-4-3-8-15(16)25-2/h3-10H,11-12H2,1-2H3,(H,20,24)(H,21,22). The number of amides is 2. The zero-order valence-electron chi connectivity index (χ0n) is 15.0. The highest BCUT2D eigenvalue weighted by Gasteiger charge is 2.11. The van der Waals surface area contributed by atoms with Crippen LogP contribution in [0.15, 0.2) is 48.5 Å². The molecule has 0 unspecified atom stereocenters. The molecule has 8 nitrogen and oxygen atoms in total. The quantitative estimate of drug-likeness (QED) is 0.683. The minimum Gasteiger partial charge on any atom is -0.493 e. The van der Waals surface area contributed by atoms with Crippen molar-refractivity contribution in [2.24, 2.45) is 0 Å². The van der Waals surface area contributed by atoms with Crippen molar-refractivity contribution in [1.29, 1.82) is 0 Å². The molecule has 0 heterocycles. The molecule has 0 fully saturated rings. The molecule has 8 heteroatoms. The van der Waals surface area contributed by atoms with Gasteiger partial charge in [0.25, 0.3) is 11.8 Å². The molecule has 2 N–H and O–H groups in total. The lowest BCUT2D eigenvalue weighted by Crippen LogP contribution is -2.24. The van der Waals surface area contributed by atoms with Crippen LogP contribution >= 0.6 is 0 Å². The van der Waals surface area contributed by atoms with Crippen LogP contribution in [0.2, 0.25) is 0 Å². The van der Waals surface area contributed by atoms with Gasteiger partial charge in [-0.05, 0) is 30.3 Å². The number of para-hydroxylation sites is 2. The first-order chi connectivity index (χ1) is 13.0. The van der Waals surface area contributed by atoms with Crippen molar-refractivity contribution in [1.82, 2.24) is 5.32 Å². The average Bonchev–Trinajstić information content (AvgIpc) is 2.70. The summed E-state index contributed by atoms with van der Waals surface area (Å²) in [5.41, 5.74) is 0.819. The summed E-state index contributed by atoms with van der Waals surface area (Å²) >= 11 is 0. The molecule has 0 aliphatic heterocycles. The SMILES string of the molecule is CNC(=O)c1cccc(NC(=O)COC(=O)COc2ccccc2OC)c1. The number of carbonyl (C=O) groups is 3. The minimum atomic E-state index is -0.699. The summed E-state index contributed by atoms with van der Waals surface area (Å²) in [7, 11) is 3.00. The maximum atomic E-state index is 11.9. The van der Waals surface area contributed by atoms with Crippen molar-refractivity contribution in [2.75, 3.05) is 32.7 Å². The Bertz CT molecular complexity index is 821. The number of carbonyl (C=O) groups excluding carboxylic acids is 3. The van der Waals surface area contributed by atoms with Gasteiger partial charge in [-0.15, -0.1) is 0 Å². The number of benzene rings is 2. The Balaban J connectivity index is 1.80. The predicted octanol–water partition coefficient (Wildman–Crippen LogP) is 1.62. The van der Waals surface area contributed by atoms with E-state index in [0.29, 0.717) is 22.7 Å². The van der Waals surface area contributed by atoms with Gasteiger partial charge in [-0.3, -0.25) is 9.59 Å². The molecule has 0 aromatic heterocycles. The maximum absolute atomic E-state index is 11.9. The lowest BCUT2D eigenvalue weighted by atomic mass is 10.2. The molecule has 2 aromatic rings. The topological polar surface area (TPSA) is 103 Å². The van der Waals surface area contributed by atoms with Crippen LogP contribution in [-0.4, -0.2) is 45.2 Å². The molecular weight excluding hydrogens is 352 g/mol. The number of esters is 1. The van der Waals surface area contributed by atoms with Gasteiger partial charge in [-0.25, -0.2) is 4.79 Å². The first kappa shape index (κ1) is 19.8. The average molecular weight is 372 g/mol. The summed E-state index contributed by atoms with van der Waals surface area (Å²) in [5.74, 6) is -0.623. The molecule has 2 amide bonds. The number of ether oxygens (including phenoxy) is 3. The van der Waals surface area contributed by atoms with Crippen molar-refractivity contribution < 1.29 is 28.6 Å². The third-order valence-electron chi connectivity index (χ3n) is 3.41. The Morgan fingerprint density at radius 3 is 2.41 bits per heavy atom. The van der Waals surface area contributed by atoms with Crippen molar-refractivity contribution in [3.8, 4) is 11.5 Å². The van der Waals surface area contributed by atoms with Gasteiger partial charge >= 0.3 is 5.97 Å². The zero-order valence-corrected chi connectivity index (χ0v) is 15.0. The third kappa shape index (κ3) is 6.03. The summed E-state index contributed by atoms with van der Waals surface area (Å²) in [4.78, 5) is 35.2. The Morgan fingerprint density at radius 1 is 0.963 bits per heavy atom. The monoisotopic (exact) mass is 372 g/mol. The minimum absolute atomic E-state index is 0.272. The van der Waals surface area contributed by atoms with Crippen LogP contribution in [0.25, 0.3) is 0 Å². The molecule has 0 radical (unpaired) electrons. The molecule has 0 saturated carbocycles. The van der Waals surface area contributed by atoms with Gasteiger partial charge in [0.15, 0.2) is 24.7 Å². The fourth-order valence-electron chi connectivity index (χ4n) is 2.14. The van der Waals surface area contributed by atoms with E-state index in [1.54, 1.807) is 42.5 Å². The highest BCUT2D eigenvalue weighted by molar-refractivity contribution is 5.97. The zero-order chi connectivity index (χ0) is 19.6. The van der Waals surface area contributed by atoms with Gasteiger partial charge in [0, 0.05) is 18.3 Å². The van der Waals surface area contributed by atoms with E-state index in [2.05, 4.69) is 10.6 Å². The molecule has 2 rings (SSSR count). The summed E-state index contributed by atoms with van der Waals surface area (Å²) in [6, 6.07) is 13.2. The first-order valence-corrected chi connectivity index (χ1v) is 8.07. The van der Waals surface area contributed by atoms with Crippen LogP contribution in [0.3, 0.4) is 0 Å². The molecule has 0 bridgehead atoms. The lowest BCUT2D eigenvalue weighted by Gasteiger charge is -2.10. The molecular formula is C19H20N2O6. The smallest absolute Gasteiger partial charge is 0.344 e. The van der Waals surface area contributed by atoms with Gasteiger partial charge in [-0.2, -0.15) is 0 Å². The van der Waals surface area contributed by atoms with E-state index in [0.717, 1.165) is 0 Å². The Kier molecular flexibility index (Phi) is 7.18. The van der Waals surface area contributed by atoms with Gasteiger partial charge < -0.3 is 24.8 Å². The largest absolute Gasteiger partial charge is 0.493 e. The molecule has 0 spiro atoms. The second-order valence-electron chi connectivity index (χ2n) is 5.31. The van der Waals surface area contributed by atoms with E-state index >= 15 is 0 Å². The van der Waals surface area contributed by atoms with Gasteiger partial charge in [0.2, 0.25) is 0 Å². The van der Waals surface area contributed by atoms with Gasteiger partial charge in [0.05, 0.1) is 7.11 Å². The highest BCUT2D eigenvalue weighted by atomic mass is 16.6. The molecule has 2 aromatic carbocycles. The fraction of sp³-hybridized carbons (Fsp3) is 0.211. The maximum Gasteiger partial charge on any atom is 0.344 e. The van der Waals surface area contributed by atoms with E-state index in [1.165, 1.54) is 20.2 Å². The lowest BCUT2D eigenvalue weighted by molar-refractivity contribution is -0.149. The van der Waals surface area contributed by atoms with Crippen LogP contribution in [-0.2, 0) is 14.3 Å². The van der Waals surface area contributed by atoms with Crippen LogP contribution < -0.4 is 20.1 Å². The number of nitrogens with one attached hydrogen (secondary N) is 2. The van der Waals surface area contributed by atoms with E-state index in [4.69, 9.17) is 14.2 Å². The van der Waals surface area contributed by atoms with Crippen molar-refractivity contribution in [3.63, 3.8) is 0 Å². The molecule has 0 aliphatic carbocycles. The van der Waals surface area contributed by atoms with E-state index in [-0.39, 0.29) is 12.5 Å². The summed E-state index contributed by atoms with van der Waals surface area (Å²) < 4.78 is 15.3. The summed E-state index contributed by atoms with van der Waals surface area (Å²) in [6.07, 6.45) is 0. The molecule has 27 heavy (non-hydrogen) atoms. The number of methoxy groups -OCH3 is 1. The van der Waals surface area contributed by atoms with Crippen LogP contribution in [0.4, 0.5) is 5.69 Å². The van der Waals surface area contributed by atoms with E-state index < -0.39 is 18.5 Å². The molecule has 142 valence electrons. The second kappa shape index (κ2) is 9.81. The Labute approximate surface area is 156 Å². The van der Waals surface area contributed by atoms with Crippen LogP contribution in [0, 0.1) is 0 Å². The molecule has 0 atom stereocenters. The number of rotatable bonds is 8.